The van der Waals surface area contributed by atoms with Crippen molar-refractivity contribution in [2.75, 3.05) is 17.1 Å². The first-order valence-electron chi connectivity index (χ1n) is 5.71. The fraction of sp³-hybridized carbons (Fsp3) is 0.417. The second-order valence-corrected chi connectivity index (χ2v) is 4.66. The summed E-state index contributed by atoms with van der Waals surface area (Å²) in [6, 6.07) is 3.74. The van der Waals surface area contributed by atoms with Crippen molar-refractivity contribution in [1.82, 2.24) is 15.0 Å². The maximum atomic E-state index is 5.99. The zero-order valence-corrected chi connectivity index (χ0v) is 11.5. The monoisotopic (exact) mass is 284 g/mol. The number of nitrogens with one attached hydrogen (secondary N) is 1. The first-order valence-corrected chi connectivity index (χ1v) is 6.78. The molecule has 18 heavy (non-hydrogen) atoms. The van der Waals surface area contributed by atoms with Gasteiger partial charge >= 0.3 is 0 Å². The molecule has 4 nitrogen and oxygen atoms in total. The molecule has 0 saturated heterocycles. The minimum Gasteiger partial charge on any atom is -0.362 e. The van der Waals surface area contributed by atoms with Gasteiger partial charge in [0, 0.05) is 24.2 Å². The van der Waals surface area contributed by atoms with Crippen LogP contribution in [0.3, 0.4) is 0 Å². The third-order valence-corrected chi connectivity index (χ3v) is 3.94. The number of hydrogen-bond donors (Lipinski definition) is 1. The molecule has 0 aromatic carbocycles. The van der Waals surface area contributed by atoms with E-state index in [1.165, 1.54) is 0 Å². The topological polar surface area (TPSA) is 50.7 Å². The predicted molar refractivity (Wildman–Crippen MR) is 75.4 cm³/mol. The summed E-state index contributed by atoms with van der Waals surface area (Å²) in [5.74, 6) is 1.56. The van der Waals surface area contributed by atoms with Crippen molar-refractivity contribution in [1.29, 1.82) is 0 Å². The van der Waals surface area contributed by atoms with E-state index >= 15 is 0 Å². The van der Waals surface area contributed by atoms with Crippen molar-refractivity contribution < 1.29 is 0 Å². The largest absolute Gasteiger partial charge is 0.362 e. The van der Waals surface area contributed by atoms with Gasteiger partial charge in [0.05, 0.1) is 5.54 Å². The zero-order chi connectivity index (χ0) is 13.0. The van der Waals surface area contributed by atoms with Crippen molar-refractivity contribution in [3.05, 3.63) is 24.5 Å². The third kappa shape index (κ3) is 2.65. The van der Waals surface area contributed by atoms with Crippen LogP contribution in [0.15, 0.2) is 24.5 Å². The number of rotatable bonds is 5. The molecule has 1 N–H and O–H groups in total. The summed E-state index contributed by atoms with van der Waals surface area (Å²) in [7, 11) is 0. The van der Waals surface area contributed by atoms with E-state index in [1.807, 2.05) is 19.1 Å². The Bertz CT molecular complexity index is 520. The highest BCUT2D eigenvalue weighted by Crippen LogP contribution is 2.21. The molecule has 0 fully saturated rings. The molecular weight excluding hydrogens is 271 g/mol. The normalized spacial score (nSPS) is 11.7. The van der Waals surface area contributed by atoms with Crippen molar-refractivity contribution in [3.63, 3.8) is 0 Å². The Morgan fingerprint density at radius 3 is 2.56 bits per heavy atom. The first-order chi connectivity index (χ1) is 8.73. The Morgan fingerprint density at radius 2 is 1.89 bits per heavy atom. The van der Waals surface area contributed by atoms with Crippen molar-refractivity contribution in [2.45, 2.75) is 18.9 Å². The lowest BCUT2D eigenvalue weighted by Gasteiger charge is -2.30. The van der Waals surface area contributed by atoms with Crippen LogP contribution in [0.25, 0.3) is 11.2 Å². The predicted octanol–water partition coefficient (Wildman–Crippen LogP) is 3.06. The smallest absolute Gasteiger partial charge is 0.180 e. The Labute approximate surface area is 116 Å². The zero-order valence-electron chi connectivity index (χ0n) is 10.0. The highest BCUT2D eigenvalue weighted by molar-refractivity contribution is 6.22. The Morgan fingerprint density at radius 1 is 1.17 bits per heavy atom. The Kier molecular flexibility index (Phi) is 4.19. The number of pyridine rings is 1. The molecule has 6 heteroatoms. The van der Waals surface area contributed by atoms with Crippen LogP contribution in [-0.4, -0.2) is 32.3 Å². The van der Waals surface area contributed by atoms with Gasteiger partial charge in [-0.15, -0.1) is 23.2 Å². The summed E-state index contributed by atoms with van der Waals surface area (Å²) in [5.41, 5.74) is 1.03. The summed E-state index contributed by atoms with van der Waals surface area (Å²) in [4.78, 5) is 12.7. The van der Waals surface area contributed by atoms with E-state index in [2.05, 4.69) is 20.3 Å². The fourth-order valence-corrected chi connectivity index (χ4v) is 2.37. The molecule has 0 radical (unpaired) electrons. The van der Waals surface area contributed by atoms with Crippen molar-refractivity contribution >= 4 is 40.2 Å². The second kappa shape index (κ2) is 5.67. The Hall–Kier alpha value is -1.13. The van der Waals surface area contributed by atoms with E-state index in [9.17, 15) is 0 Å². The fourth-order valence-electron chi connectivity index (χ4n) is 1.58. The highest BCUT2D eigenvalue weighted by Gasteiger charge is 2.26. The molecule has 0 unspecified atom stereocenters. The van der Waals surface area contributed by atoms with Gasteiger partial charge in [0.1, 0.15) is 11.3 Å². The molecule has 2 rings (SSSR count). The number of fused-ring (bicyclic) bond motifs is 1. The van der Waals surface area contributed by atoms with Gasteiger partial charge in [0.25, 0.3) is 0 Å². The minimum absolute atomic E-state index is 0.341. The van der Waals surface area contributed by atoms with Gasteiger partial charge in [-0.25, -0.2) is 9.97 Å². The summed E-state index contributed by atoms with van der Waals surface area (Å²) < 4.78 is 0. The molecule has 2 aromatic heterocycles. The van der Waals surface area contributed by atoms with Crippen LogP contribution in [0.1, 0.15) is 13.3 Å². The van der Waals surface area contributed by atoms with Crippen LogP contribution in [-0.2, 0) is 0 Å². The molecule has 0 aliphatic heterocycles. The van der Waals surface area contributed by atoms with E-state index in [4.69, 9.17) is 23.2 Å². The number of halogens is 2. The molecule has 0 amide bonds. The molecule has 2 heterocycles. The van der Waals surface area contributed by atoms with Gasteiger partial charge in [-0.1, -0.05) is 6.92 Å². The minimum atomic E-state index is -0.341. The summed E-state index contributed by atoms with van der Waals surface area (Å²) in [6.45, 7) is 2.04. The molecule has 96 valence electrons. The number of hydrogen-bond acceptors (Lipinski definition) is 4. The van der Waals surface area contributed by atoms with Crippen LogP contribution in [0.4, 0.5) is 5.82 Å². The Balaban J connectivity index is 2.31. The van der Waals surface area contributed by atoms with Crippen molar-refractivity contribution in [3.8, 4) is 0 Å². The molecule has 0 saturated carbocycles. The van der Waals surface area contributed by atoms with Gasteiger partial charge in [0.15, 0.2) is 5.65 Å². The standard InChI is InChI=1S/C12H14Cl2N4/c1-2-12(7-13,8-14)18-10-4-3-9-11(17-10)16-6-5-15-9/h3-6H,2,7-8H2,1H3,(H,16,17,18). The number of anilines is 1. The maximum absolute atomic E-state index is 5.99. The summed E-state index contributed by atoms with van der Waals surface area (Å²) in [5, 5.41) is 3.29. The number of aromatic nitrogens is 3. The van der Waals surface area contributed by atoms with E-state index in [0.717, 1.165) is 11.9 Å². The van der Waals surface area contributed by atoms with E-state index in [-0.39, 0.29) is 5.54 Å². The van der Waals surface area contributed by atoms with Crippen LogP contribution < -0.4 is 5.32 Å². The lowest BCUT2D eigenvalue weighted by molar-refractivity contribution is 0.558. The quantitative estimate of drug-likeness (QED) is 0.858. The molecule has 0 spiro atoms. The lowest BCUT2D eigenvalue weighted by atomic mass is 10.0. The number of nitrogens with zero attached hydrogens (tertiary/aromatic N) is 3. The number of alkyl halides is 2. The van der Waals surface area contributed by atoms with Gasteiger partial charge in [-0.05, 0) is 18.6 Å². The SMILES string of the molecule is CCC(CCl)(CCl)Nc1ccc2nccnc2n1. The maximum Gasteiger partial charge on any atom is 0.180 e. The van der Waals surface area contributed by atoms with Gasteiger partial charge in [-0.2, -0.15) is 0 Å². The summed E-state index contributed by atoms with van der Waals surface area (Å²) >= 11 is 12.0. The molecule has 0 bridgehead atoms. The highest BCUT2D eigenvalue weighted by atomic mass is 35.5. The second-order valence-electron chi connectivity index (χ2n) is 4.12. The molecule has 0 aliphatic carbocycles. The van der Waals surface area contributed by atoms with Crippen LogP contribution >= 0.6 is 23.2 Å². The van der Waals surface area contributed by atoms with Crippen LogP contribution in [0, 0.1) is 0 Å². The molecule has 0 atom stereocenters. The van der Waals surface area contributed by atoms with Crippen molar-refractivity contribution in [2.24, 2.45) is 0 Å². The molecule has 0 aliphatic rings. The van der Waals surface area contributed by atoms with Crippen LogP contribution in [0.2, 0.25) is 0 Å². The van der Waals surface area contributed by atoms with Gasteiger partial charge < -0.3 is 5.32 Å². The average Bonchev–Trinajstić information content (AvgIpc) is 2.45. The van der Waals surface area contributed by atoms with E-state index in [0.29, 0.717) is 23.2 Å². The molecular formula is C12H14Cl2N4. The van der Waals surface area contributed by atoms with E-state index in [1.54, 1.807) is 12.4 Å². The van der Waals surface area contributed by atoms with Gasteiger partial charge in [-0.3, -0.25) is 4.98 Å². The lowest BCUT2D eigenvalue weighted by Crippen LogP contribution is -2.42. The molecule has 2 aromatic rings. The van der Waals surface area contributed by atoms with Gasteiger partial charge in [0.2, 0.25) is 0 Å². The average molecular weight is 285 g/mol. The van der Waals surface area contributed by atoms with E-state index < -0.39 is 0 Å². The third-order valence-electron chi connectivity index (χ3n) is 2.91. The first kappa shape index (κ1) is 13.3. The van der Waals surface area contributed by atoms with Crippen LogP contribution in [0.5, 0.6) is 0 Å². The summed E-state index contributed by atoms with van der Waals surface area (Å²) in [6.07, 6.45) is 4.08.